The Kier molecular flexibility index (Phi) is 4.46. The monoisotopic (exact) mass is 362 g/mol. The van der Waals surface area contributed by atoms with Crippen LogP contribution in [0.1, 0.15) is 15.9 Å². The zero-order valence-corrected chi connectivity index (χ0v) is 12.7. The van der Waals surface area contributed by atoms with Crippen molar-refractivity contribution in [2.75, 3.05) is 13.1 Å². The summed E-state index contributed by atoms with van der Waals surface area (Å²) >= 11 is 3.09. The van der Waals surface area contributed by atoms with Crippen molar-refractivity contribution in [3.8, 4) is 0 Å². The Bertz CT molecular complexity index is 597. The number of halogens is 3. The predicted octanol–water partition coefficient (Wildman–Crippen LogP) is 2.33. The van der Waals surface area contributed by atoms with Crippen molar-refractivity contribution in [3.63, 3.8) is 0 Å². The van der Waals surface area contributed by atoms with E-state index in [1.165, 1.54) is 19.1 Å². The van der Waals surface area contributed by atoms with Crippen molar-refractivity contribution in [1.29, 1.82) is 0 Å². The Balaban J connectivity index is 2.14. The maximum Gasteiger partial charge on any atom is 0.407 e. The maximum absolute atomic E-state index is 13.7. The quantitative estimate of drug-likeness (QED) is 0.848. The molecule has 21 heavy (non-hydrogen) atoms. The van der Waals surface area contributed by atoms with Gasteiger partial charge in [0.15, 0.2) is 0 Å². The molecule has 1 aromatic carbocycles. The number of alkyl halides is 1. The standard InChI is InChI=1S/C13H13BrF2N2O3/c1-6-8(2-7(14)3-9(6)15)12(19)17-11-5-18(13(20)21)4-10(11)16/h2-3,10-11H,4-5H2,1H3,(H,17,19)(H,20,21)/t10-,11+/m0/s1. The number of carboxylic acid groups (broad SMARTS) is 1. The van der Waals surface area contributed by atoms with Crippen LogP contribution in [0.15, 0.2) is 16.6 Å². The maximum atomic E-state index is 13.7. The molecule has 1 aromatic rings. The molecular weight excluding hydrogens is 350 g/mol. The average molecular weight is 363 g/mol. The zero-order chi connectivity index (χ0) is 15.7. The highest BCUT2D eigenvalue weighted by Crippen LogP contribution is 2.21. The Morgan fingerprint density at radius 3 is 2.67 bits per heavy atom. The average Bonchev–Trinajstić information content (AvgIpc) is 2.75. The molecule has 0 spiro atoms. The van der Waals surface area contributed by atoms with Gasteiger partial charge in [-0.25, -0.2) is 13.6 Å². The highest BCUT2D eigenvalue weighted by molar-refractivity contribution is 9.10. The first-order valence-electron chi connectivity index (χ1n) is 6.18. The van der Waals surface area contributed by atoms with Gasteiger partial charge in [0.2, 0.25) is 0 Å². The van der Waals surface area contributed by atoms with Gasteiger partial charge in [0.25, 0.3) is 5.91 Å². The Morgan fingerprint density at radius 1 is 1.43 bits per heavy atom. The molecule has 2 rings (SSSR count). The lowest BCUT2D eigenvalue weighted by molar-refractivity contribution is 0.0921. The van der Waals surface area contributed by atoms with Crippen LogP contribution in [0.5, 0.6) is 0 Å². The molecule has 2 amide bonds. The van der Waals surface area contributed by atoms with Gasteiger partial charge >= 0.3 is 6.09 Å². The van der Waals surface area contributed by atoms with Crippen LogP contribution in [0.4, 0.5) is 13.6 Å². The summed E-state index contributed by atoms with van der Waals surface area (Å²) < 4.78 is 27.7. The first-order chi connectivity index (χ1) is 9.79. The minimum atomic E-state index is -1.48. The molecule has 1 aliphatic heterocycles. The number of benzene rings is 1. The van der Waals surface area contributed by atoms with Crippen LogP contribution in [-0.4, -0.2) is 47.3 Å². The number of likely N-dealkylation sites (tertiary alicyclic amines) is 1. The molecule has 0 saturated carbocycles. The SMILES string of the molecule is Cc1c(F)cc(Br)cc1C(=O)N[C@@H]1CN(C(=O)O)C[C@@H]1F. The first-order valence-corrected chi connectivity index (χ1v) is 6.97. The Labute approximate surface area is 128 Å². The van der Waals surface area contributed by atoms with E-state index in [1.54, 1.807) is 0 Å². The third-order valence-electron chi connectivity index (χ3n) is 3.39. The van der Waals surface area contributed by atoms with Gasteiger partial charge in [-0.1, -0.05) is 15.9 Å². The summed E-state index contributed by atoms with van der Waals surface area (Å²) in [7, 11) is 0. The molecule has 1 fully saturated rings. The summed E-state index contributed by atoms with van der Waals surface area (Å²) in [4.78, 5) is 23.8. The number of hydrogen-bond acceptors (Lipinski definition) is 2. The van der Waals surface area contributed by atoms with Crippen LogP contribution in [-0.2, 0) is 0 Å². The molecule has 2 N–H and O–H groups in total. The predicted molar refractivity (Wildman–Crippen MR) is 74.6 cm³/mol. The molecule has 8 heteroatoms. The second-order valence-corrected chi connectivity index (χ2v) is 5.76. The van der Waals surface area contributed by atoms with Gasteiger partial charge in [0.05, 0.1) is 12.6 Å². The van der Waals surface area contributed by atoms with Gasteiger partial charge in [-0.2, -0.15) is 0 Å². The van der Waals surface area contributed by atoms with Crippen molar-refractivity contribution in [2.45, 2.75) is 19.1 Å². The number of carbonyl (C=O) groups is 2. The highest BCUT2D eigenvalue weighted by atomic mass is 79.9. The molecule has 2 atom stereocenters. The fourth-order valence-electron chi connectivity index (χ4n) is 2.18. The fourth-order valence-corrected chi connectivity index (χ4v) is 2.61. The molecule has 0 radical (unpaired) electrons. The minimum Gasteiger partial charge on any atom is -0.465 e. The van der Waals surface area contributed by atoms with Crippen LogP contribution in [0, 0.1) is 12.7 Å². The van der Waals surface area contributed by atoms with E-state index in [2.05, 4.69) is 21.2 Å². The van der Waals surface area contributed by atoms with E-state index in [0.29, 0.717) is 4.47 Å². The Morgan fingerprint density at radius 2 is 2.10 bits per heavy atom. The molecule has 0 unspecified atom stereocenters. The third-order valence-corrected chi connectivity index (χ3v) is 3.85. The molecule has 0 bridgehead atoms. The lowest BCUT2D eigenvalue weighted by Crippen LogP contribution is -2.42. The molecule has 0 aliphatic carbocycles. The largest absolute Gasteiger partial charge is 0.465 e. The number of rotatable bonds is 2. The van der Waals surface area contributed by atoms with E-state index in [0.717, 1.165) is 4.90 Å². The first kappa shape index (κ1) is 15.7. The molecular formula is C13H13BrF2N2O3. The van der Waals surface area contributed by atoms with Gasteiger partial charge in [0, 0.05) is 16.6 Å². The van der Waals surface area contributed by atoms with Crippen LogP contribution in [0.3, 0.4) is 0 Å². The molecule has 1 heterocycles. The normalized spacial score (nSPS) is 21.4. The second kappa shape index (κ2) is 5.97. The number of amides is 2. The second-order valence-electron chi connectivity index (χ2n) is 4.84. The summed E-state index contributed by atoms with van der Waals surface area (Å²) in [5, 5.41) is 11.2. The number of carbonyl (C=O) groups excluding carboxylic acids is 1. The summed E-state index contributed by atoms with van der Waals surface area (Å²) in [5.74, 6) is -1.18. The van der Waals surface area contributed by atoms with Crippen molar-refractivity contribution in [2.24, 2.45) is 0 Å². The van der Waals surface area contributed by atoms with Crippen LogP contribution >= 0.6 is 15.9 Å². The van der Waals surface area contributed by atoms with Crippen LogP contribution in [0.2, 0.25) is 0 Å². The minimum absolute atomic E-state index is 0.0860. The van der Waals surface area contributed by atoms with Crippen molar-refractivity contribution in [1.82, 2.24) is 10.2 Å². The summed E-state index contributed by atoms with van der Waals surface area (Å²) in [6.45, 7) is 1.03. The molecule has 1 aliphatic rings. The summed E-state index contributed by atoms with van der Waals surface area (Å²) in [6, 6.07) is 1.73. The van der Waals surface area contributed by atoms with Gasteiger partial charge in [-0.05, 0) is 24.6 Å². The van der Waals surface area contributed by atoms with Gasteiger partial charge in [-0.15, -0.1) is 0 Å². The fraction of sp³-hybridized carbons (Fsp3) is 0.385. The molecule has 5 nitrogen and oxygen atoms in total. The lowest BCUT2D eigenvalue weighted by atomic mass is 10.1. The Hall–Kier alpha value is -1.70. The van der Waals surface area contributed by atoms with Gasteiger partial charge < -0.3 is 15.3 Å². The smallest absolute Gasteiger partial charge is 0.407 e. The number of hydrogen-bond donors (Lipinski definition) is 2. The molecule has 0 aromatic heterocycles. The lowest BCUT2D eigenvalue weighted by Gasteiger charge is -2.16. The topological polar surface area (TPSA) is 69.6 Å². The third kappa shape index (κ3) is 3.31. The zero-order valence-electron chi connectivity index (χ0n) is 11.1. The summed E-state index contributed by atoms with van der Waals surface area (Å²) in [6.07, 6.45) is -2.72. The van der Waals surface area contributed by atoms with E-state index < -0.39 is 30.0 Å². The van der Waals surface area contributed by atoms with E-state index in [9.17, 15) is 18.4 Å². The highest BCUT2D eigenvalue weighted by Gasteiger charge is 2.36. The van der Waals surface area contributed by atoms with Crippen LogP contribution in [0.25, 0.3) is 0 Å². The van der Waals surface area contributed by atoms with Crippen LogP contribution < -0.4 is 5.32 Å². The van der Waals surface area contributed by atoms with Gasteiger partial charge in [-0.3, -0.25) is 4.79 Å². The number of nitrogens with one attached hydrogen (secondary N) is 1. The van der Waals surface area contributed by atoms with E-state index in [-0.39, 0.29) is 24.2 Å². The van der Waals surface area contributed by atoms with Crippen molar-refractivity contribution < 1.29 is 23.5 Å². The van der Waals surface area contributed by atoms with Crippen molar-refractivity contribution in [3.05, 3.63) is 33.5 Å². The van der Waals surface area contributed by atoms with E-state index in [4.69, 9.17) is 5.11 Å². The van der Waals surface area contributed by atoms with E-state index in [1.807, 2.05) is 0 Å². The van der Waals surface area contributed by atoms with E-state index >= 15 is 0 Å². The number of nitrogens with zero attached hydrogens (tertiary/aromatic N) is 1. The molecule has 1 saturated heterocycles. The summed E-state index contributed by atoms with van der Waals surface area (Å²) in [5.41, 5.74) is 0.238. The van der Waals surface area contributed by atoms with Gasteiger partial charge in [0.1, 0.15) is 12.0 Å². The van der Waals surface area contributed by atoms with Crippen molar-refractivity contribution >= 4 is 27.9 Å². The molecule has 114 valence electrons.